The van der Waals surface area contributed by atoms with Gasteiger partial charge < -0.3 is 14.4 Å². The van der Waals surface area contributed by atoms with Gasteiger partial charge in [0.2, 0.25) is 5.91 Å². The average molecular weight is 391 g/mol. The lowest BCUT2D eigenvalue weighted by molar-refractivity contribution is -0.127. The fourth-order valence-corrected chi connectivity index (χ4v) is 3.42. The summed E-state index contributed by atoms with van der Waals surface area (Å²) in [5.41, 5.74) is 1.58. The summed E-state index contributed by atoms with van der Waals surface area (Å²) < 4.78 is 12.0. The maximum absolute atomic E-state index is 12.4. The standard InChI is InChI=1S/C19H25N3O4S/c1-13-10-17(23)22(3)19(20-13)27-12-18(24)21(2)9-8-14-6-7-15(25-4)16(11-14)26-5/h6-7,10-11H,8-9,12H2,1-5H3. The fraction of sp³-hybridized carbons (Fsp3) is 0.421. The largest absolute Gasteiger partial charge is 0.493 e. The van der Waals surface area contributed by atoms with Gasteiger partial charge >= 0.3 is 0 Å². The van der Waals surface area contributed by atoms with Crippen molar-refractivity contribution in [2.24, 2.45) is 7.05 Å². The van der Waals surface area contributed by atoms with Crippen molar-refractivity contribution >= 4 is 17.7 Å². The van der Waals surface area contributed by atoms with E-state index < -0.39 is 0 Å². The molecule has 0 fully saturated rings. The van der Waals surface area contributed by atoms with Gasteiger partial charge in [-0.05, 0) is 31.0 Å². The molecule has 0 aliphatic rings. The minimum Gasteiger partial charge on any atom is -0.493 e. The molecule has 0 saturated carbocycles. The Hall–Kier alpha value is -2.48. The second-order valence-corrected chi connectivity index (χ2v) is 7.06. The van der Waals surface area contributed by atoms with Gasteiger partial charge in [0.05, 0.1) is 20.0 Å². The number of benzene rings is 1. The molecule has 0 aliphatic heterocycles. The maximum atomic E-state index is 12.4. The molecule has 0 saturated heterocycles. The van der Waals surface area contributed by atoms with E-state index in [9.17, 15) is 9.59 Å². The topological polar surface area (TPSA) is 73.7 Å². The van der Waals surface area contributed by atoms with Gasteiger partial charge in [0.25, 0.3) is 5.56 Å². The van der Waals surface area contributed by atoms with Crippen LogP contribution >= 0.6 is 11.8 Å². The van der Waals surface area contributed by atoms with Gasteiger partial charge in [-0.3, -0.25) is 14.2 Å². The first-order chi connectivity index (χ1) is 12.8. The zero-order valence-corrected chi connectivity index (χ0v) is 17.1. The molecule has 0 bridgehead atoms. The number of aromatic nitrogens is 2. The first-order valence-electron chi connectivity index (χ1n) is 8.48. The molecule has 1 aromatic heterocycles. The van der Waals surface area contributed by atoms with Gasteiger partial charge in [-0.2, -0.15) is 0 Å². The van der Waals surface area contributed by atoms with Gasteiger partial charge in [0.15, 0.2) is 16.7 Å². The van der Waals surface area contributed by atoms with E-state index in [0.29, 0.717) is 35.3 Å². The Morgan fingerprint density at radius 3 is 2.59 bits per heavy atom. The zero-order chi connectivity index (χ0) is 20.0. The number of hydrogen-bond donors (Lipinski definition) is 0. The van der Waals surface area contributed by atoms with E-state index in [2.05, 4.69) is 4.98 Å². The number of carbonyl (C=O) groups is 1. The van der Waals surface area contributed by atoms with Crippen LogP contribution in [-0.4, -0.2) is 53.9 Å². The van der Waals surface area contributed by atoms with Gasteiger partial charge in [-0.15, -0.1) is 0 Å². The number of amides is 1. The average Bonchev–Trinajstić information content (AvgIpc) is 2.66. The molecular weight excluding hydrogens is 366 g/mol. The van der Waals surface area contributed by atoms with Crippen molar-refractivity contribution < 1.29 is 14.3 Å². The Balaban J connectivity index is 1.92. The molecule has 0 N–H and O–H groups in total. The molecule has 0 unspecified atom stereocenters. The highest BCUT2D eigenvalue weighted by molar-refractivity contribution is 7.99. The van der Waals surface area contributed by atoms with Crippen molar-refractivity contribution in [2.45, 2.75) is 18.5 Å². The summed E-state index contributed by atoms with van der Waals surface area (Å²) in [5.74, 6) is 1.56. The molecule has 1 amide bonds. The third kappa shape index (κ3) is 5.50. The van der Waals surface area contributed by atoms with Gasteiger partial charge in [0, 0.05) is 32.4 Å². The zero-order valence-electron chi connectivity index (χ0n) is 16.3. The predicted molar refractivity (Wildman–Crippen MR) is 106 cm³/mol. The van der Waals surface area contributed by atoms with Crippen molar-refractivity contribution in [3.8, 4) is 11.5 Å². The number of thioether (sulfide) groups is 1. The molecular formula is C19H25N3O4S. The second-order valence-electron chi connectivity index (χ2n) is 6.12. The quantitative estimate of drug-likeness (QED) is 0.505. The summed E-state index contributed by atoms with van der Waals surface area (Å²) >= 11 is 1.27. The SMILES string of the molecule is COc1ccc(CCN(C)C(=O)CSc2nc(C)cc(=O)n2C)cc1OC. The Morgan fingerprint density at radius 2 is 1.93 bits per heavy atom. The van der Waals surface area contributed by atoms with Crippen LogP contribution in [-0.2, 0) is 18.3 Å². The smallest absolute Gasteiger partial charge is 0.254 e. The third-order valence-electron chi connectivity index (χ3n) is 4.16. The van der Waals surface area contributed by atoms with Crippen LogP contribution in [0.15, 0.2) is 34.2 Å². The van der Waals surface area contributed by atoms with Crippen LogP contribution in [0.3, 0.4) is 0 Å². The van der Waals surface area contributed by atoms with Crippen molar-refractivity contribution in [2.75, 3.05) is 33.6 Å². The number of likely N-dealkylation sites (N-methyl/N-ethyl adjacent to an activating group) is 1. The molecule has 0 aliphatic carbocycles. The molecule has 146 valence electrons. The van der Waals surface area contributed by atoms with Gasteiger partial charge in [-0.25, -0.2) is 4.98 Å². The van der Waals surface area contributed by atoms with Crippen LogP contribution in [0.4, 0.5) is 0 Å². The molecule has 2 rings (SSSR count). The number of ether oxygens (including phenoxy) is 2. The molecule has 1 aromatic carbocycles. The lowest BCUT2D eigenvalue weighted by atomic mass is 10.1. The van der Waals surface area contributed by atoms with E-state index in [1.807, 2.05) is 18.2 Å². The van der Waals surface area contributed by atoms with E-state index in [4.69, 9.17) is 9.47 Å². The summed E-state index contributed by atoms with van der Waals surface area (Å²) in [7, 11) is 6.62. The Labute approximate surface area is 163 Å². The highest BCUT2D eigenvalue weighted by Crippen LogP contribution is 2.27. The predicted octanol–water partition coefficient (Wildman–Crippen LogP) is 1.90. The van der Waals surface area contributed by atoms with E-state index >= 15 is 0 Å². The molecule has 2 aromatic rings. The minimum atomic E-state index is -0.126. The Bertz CT molecular complexity index is 867. The Kier molecular flexibility index (Phi) is 7.29. The second kappa shape index (κ2) is 9.45. The minimum absolute atomic E-state index is 0.0174. The van der Waals surface area contributed by atoms with Crippen molar-refractivity contribution in [3.05, 3.63) is 45.9 Å². The van der Waals surface area contributed by atoms with Crippen LogP contribution in [0.5, 0.6) is 11.5 Å². The van der Waals surface area contributed by atoms with Crippen LogP contribution in [0, 0.1) is 6.92 Å². The molecule has 8 heteroatoms. The number of rotatable bonds is 8. The lowest BCUT2D eigenvalue weighted by Crippen LogP contribution is -2.30. The Morgan fingerprint density at radius 1 is 1.22 bits per heavy atom. The van der Waals surface area contributed by atoms with Crippen LogP contribution in [0.25, 0.3) is 0 Å². The number of aryl methyl sites for hydroxylation is 1. The number of hydrogen-bond acceptors (Lipinski definition) is 6. The lowest BCUT2D eigenvalue weighted by Gasteiger charge is -2.18. The molecule has 1 heterocycles. The van der Waals surface area contributed by atoms with Crippen molar-refractivity contribution in [3.63, 3.8) is 0 Å². The van der Waals surface area contributed by atoms with Crippen LogP contribution in [0.2, 0.25) is 0 Å². The van der Waals surface area contributed by atoms with E-state index in [-0.39, 0.29) is 17.2 Å². The van der Waals surface area contributed by atoms with Crippen LogP contribution < -0.4 is 15.0 Å². The van der Waals surface area contributed by atoms with E-state index in [1.165, 1.54) is 22.4 Å². The monoisotopic (exact) mass is 391 g/mol. The third-order valence-corrected chi connectivity index (χ3v) is 5.17. The van der Waals surface area contributed by atoms with Gasteiger partial charge in [0.1, 0.15) is 0 Å². The highest BCUT2D eigenvalue weighted by Gasteiger charge is 2.13. The molecule has 0 atom stereocenters. The molecule has 0 radical (unpaired) electrons. The summed E-state index contributed by atoms with van der Waals surface area (Å²) in [6.07, 6.45) is 0.703. The van der Waals surface area contributed by atoms with Crippen LogP contribution in [0.1, 0.15) is 11.3 Å². The number of methoxy groups -OCH3 is 2. The molecule has 27 heavy (non-hydrogen) atoms. The number of nitrogens with zero attached hydrogens (tertiary/aromatic N) is 3. The maximum Gasteiger partial charge on any atom is 0.254 e. The first-order valence-corrected chi connectivity index (χ1v) is 9.46. The molecule has 0 spiro atoms. The van der Waals surface area contributed by atoms with Gasteiger partial charge in [-0.1, -0.05) is 17.8 Å². The summed E-state index contributed by atoms with van der Waals surface area (Å²) in [6, 6.07) is 7.20. The molecule has 7 nitrogen and oxygen atoms in total. The van der Waals surface area contributed by atoms with E-state index in [1.54, 1.807) is 40.1 Å². The number of carbonyl (C=O) groups excluding carboxylic acids is 1. The van der Waals surface area contributed by atoms with E-state index in [0.717, 1.165) is 5.56 Å². The summed E-state index contributed by atoms with van der Waals surface area (Å²) in [5, 5.41) is 0.543. The normalized spacial score (nSPS) is 10.6. The van der Waals surface area contributed by atoms with Crippen molar-refractivity contribution in [1.82, 2.24) is 14.5 Å². The summed E-state index contributed by atoms with van der Waals surface area (Å²) in [4.78, 5) is 30.2. The van der Waals surface area contributed by atoms with Crippen molar-refractivity contribution in [1.29, 1.82) is 0 Å². The summed E-state index contributed by atoms with van der Waals surface area (Å²) in [6.45, 7) is 2.34. The first kappa shape index (κ1) is 20.8. The highest BCUT2D eigenvalue weighted by atomic mass is 32.2. The fourth-order valence-electron chi connectivity index (χ4n) is 2.45.